The Morgan fingerprint density at radius 3 is 2.19 bits per heavy atom. The molecule has 0 aliphatic carbocycles. The Morgan fingerprint density at radius 1 is 1.19 bits per heavy atom. The molecule has 0 atom stereocenters. The molecule has 122 valence electrons. The van der Waals surface area contributed by atoms with Gasteiger partial charge in [0.1, 0.15) is 0 Å². The molecule has 0 aliphatic heterocycles. The van der Waals surface area contributed by atoms with Crippen LogP contribution in [0, 0.1) is 0 Å². The van der Waals surface area contributed by atoms with Crippen LogP contribution in [0.3, 0.4) is 0 Å². The highest BCUT2D eigenvalue weighted by molar-refractivity contribution is 7.89. The lowest BCUT2D eigenvalue weighted by Gasteiger charge is -2.31. The monoisotopic (exact) mass is 315 g/mol. The molecular weight excluding hydrogens is 286 g/mol. The maximum absolute atomic E-state index is 12.6. The van der Waals surface area contributed by atoms with E-state index in [1.807, 2.05) is 25.3 Å². The summed E-state index contributed by atoms with van der Waals surface area (Å²) in [5, 5.41) is 0. The third-order valence-corrected chi connectivity index (χ3v) is 5.87. The second-order valence-corrected chi connectivity index (χ2v) is 7.19. The first kappa shape index (κ1) is 18.2. The lowest BCUT2D eigenvalue weighted by molar-refractivity contribution is 0.341. The first-order valence-corrected chi connectivity index (χ1v) is 9.29. The minimum Gasteiger partial charge on any atom is -0.349 e. The van der Waals surface area contributed by atoms with Crippen LogP contribution in [0.25, 0.3) is 0 Å². The van der Waals surface area contributed by atoms with E-state index in [-0.39, 0.29) is 5.54 Å². The van der Waals surface area contributed by atoms with Gasteiger partial charge in [-0.05, 0) is 31.7 Å². The second-order valence-electron chi connectivity index (χ2n) is 5.51. The van der Waals surface area contributed by atoms with E-state index < -0.39 is 10.0 Å². The van der Waals surface area contributed by atoms with Crippen LogP contribution in [0.1, 0.15) is 59.1 Å². The molecule has 0 fully saturated rings. The first-order valence-electron chi connectivity index (χ1n) is 7.81. The van der Waals surface area contributed by atoms with Crippen molar-refractivity contribution in [2.45, 2.75) is 76.9 Å². The summed E-state index contributed by atoms with van der Waals surface area (Å²) in [5.74, 6) is 0. The molecule has 1 heterocycles. The maximum Gasteiger partial charge on any atom is 0.242 e. The Morgan fingerprint density at radius 2 is 1.76 bits per heavy atom. The van der Waals surface area contributed by atoms with Crippen LogP contribution in [-0.4, -0.2) is 18.5 Å². The van der Waals surface area contributed by atoms with E-state index in [4.69, 9.17) is 5.73 Å². The fraction of sp³-hybridized carbons (Fsp3) is 0.733. The van der Waals surface area contributed by atoms with Crippen molar-refractivity contribution in [1.82, 2.24) is 9.29 Å². The molecule has 3 N–H and O–H groups in total. The molecule has 0 aromatic carbocycles. The van der Waals surface area contributed by atoms with Crippen LogP contribution in [0.5, 0.6) is 0 Å². The molecule has 0 radical (unpaired) electrons. The zero-order chi connectivity index (χ0) is 16.1. The highest BCUT2D eigenvalue weighted by Crippen LogP contribution is 2.24. The number of nitrogens with two attached hydrogens (primary N) is 1. The quantitative estimate of drug-likeness (QED) is 0.735. The van der Waals surface area contributed by atoms with Gasteiger partial charge in [-0.2, -0.15) is 0 Å². The van der Waals surface area contributed by atoms with Crippen molar-refractivity contribution in [3.05, 3.63) is 18.0 Å². The summed E-state index contributed by atoms with van der Waals surface area (Å²) in [6.45, 7) is 9.23. The van der Waals surface area contributed by atoms with E-state index in [1.165, 1.54) is 0 Å². The van der Waals surface area contributed by atoms with Crippen LogP contribution in [0.2, 0.25) is 0 Å². The van der Waals surface area contributed by atoms with Crippen molar-refractivity contribution in [3.63, 3.8) is 0 Å². The molecule has 0 amide bonds. The van der Waals surface area contributed by atoms with Gasteiger partial charge in [-0.3, -0.25) is 0 Å². The molecule has 1 rings (SSSR count). The Labute approximate surface area is 129 Å². The van der Waals surface area contributed by atoms with Crippen LogP contribution in [0.4, 0.5) is 0 Å². The number of rotatable bonds is 9. The summed E-state index contributed by atoms with van der Waals surface area (Å²) in [4.78, 5) is 0.316. The van der Waals surface area contributed by atoms with Crippen molar-refractivity contribution in [2.75, 3.05) is 0 Å². The Kier molecular flexibility index (Phi) is 6.43. The van der Waals surface area contributed by atoms with Gasteiger partial charge in [0.25, 0.3) is 0 Å². The fourth-order valence-electron chi connectivity index (χ4n) is 2.60. The summed E-state index contributed by atoms with van der Waals surface area (Å²) < 4.78 is 30.1. The van der Waals surface area contributed by atoms with Gasteiger partial charge in [-0.15, -0.1) is 0 Å². The molecule has 0 aliphatic rings. The predicted molar refractivity (Wildman–Crippen MR) is 86.5 cm³/mol. The fourth-order valence-corrected chi connectivity index (χ4v) is 4.28. The lowest BCUT2D eigenvalue weighted by atomic mass is 9.91. The number of aryl methyl sites for hydroxylation is 1. The summed E-state index contributed by atoms with van der Waals surface area (Å²) >= 11 is 0. The van der Waals surface area contributed by atoms with Gasteiger partial charge in [0.05, 0.1) is 4.90 Å². The molecule has 0 bridgehead atoms. The minimum atomic E-state index is -3.51. The summed E-state index contributed by atoms with van der Waals surface area (Å²) in [6.07, 6.45) is 4.97. The van der Waals surface area contributed by atoms with Crippen LogP contribution in [-0.2, 0) is 23.1 Å². The Hall–Kier alpha value is -0.850. The van der Waals surface area contributed by atoms with E-state index >= 15 is 0 Å². The Bertz CT molecular complexity index is 537. The molecule has 5 nitrogen and oxygen atoms in total. The summed E-state index contributed by atoms with van der Waals surface area (Å²) in [7, 11) is -3.51. The van der Waals surface area contributed by atoms with Gasteiger partial charge >= 0.3 is 0 Å². The second kappa shape index (κ2) is 7.42. The van der Waals surface area contributed by atoms with Gasteiger partial charge in [0.2, 0.25) is 10.0 Å². The van der Waals surface area contributed by atoms with Gasteiger partial charge in [0, 0.05) is 30.5 Å². The van der Waals surface area contributed by atoms with E-state index in [0.29, 0.717) is 11.4 Å². The average molecular weight is 315 g/mol. The van der Waals surface area contributed by atoms with Gasteiger partial charge in [0.15, 0.2) is 0 Å². The normalized spacial score (nSPS) is 12.8. The number of hydrogen-bond acceptors (Lipinski definition) is 3. The largest absolute Gasteiger partial charge is 0.349 e. The first-order chi connectivity index (χ1) is 9.87. The molecule has 6 heteroatoms. The van der Waals surface area contributed by atoms with Crippen molar-refractivity contribution in [3.8, 4) is 0 Å². The molecule has 21 heavy (non-hydrogen) atoms. The predicted octanol–water partition coefficient (Wildman–Crippen LogP) is 2.60. The number of aromatic nitrogens is 1. The topological polar surface area (TPSA) is 77.1 Å². The smallest absolute Gasteiger partial charge is 0.242 e. The van der Waals surface area contributed by atoms with E-state index in [0.717, 1.165) is 37.9 Å². The van der Waals surface area contributed by atoms with Crippen LogP contribution in [0.15, 0.2) is 17.2 Å². The highest BCUT2D eigenvalue weighted by atomic mass is 32.2. The maximum atomic E-state index is 12.6. The lowest BCUT2D eigenvalue weighted by Crippen LogP contribution is -2.46. The zero-order valence-electron chi connectivity index (χ0n) is 13.6. The molecule has 0 unspecified atom stereocenters. The summed E-state index contributed by atoms with van der Waals surface area (Å²) in [6, 6.07) is 1.68. The third kappa shape index (κ3) is 4.08. The molecule has 0 saturated heterocycles. The molecule has 1 aromatic rings. The van der Waals surface area contributed by atoms with Crippen molar-refractivity contribution < 1.29 is 8.42 Å². The third-order valence-electron chi connectivity index (χ3n) is 4.33. The van der Waals surface area contributed by atoms with E-state index in [9.17, 15) is 8.42 Å². The molecule has 0 spiro atoms. The van der Waals surface area contributed by atoms with Gasteiger partial charge < -0.3 is 10.3 Å². The SMILES string of the molecule is CCCn1cc(S(=O)(=O)NC(CC)(CC)CC)cc1CN. The molecule has 1 aromatic heterocycles. The van der Waals surface area contributed by atoms with Crippen molar-refractivity contribution >= 4 is 10.0 Å². The van der Waals surface area contributed by atoms with E-state index in [2.05, 4.69) is 11.6 Å². The average Bonchev–Trinajstić information content (AvgIpc) is 2.89. The Balaban J connectivity index is 3.13. The standard InChI is InChI=1S/C15H29N3O2S/c1-5-9-18-12-14(10-13(18)11-16)21(19,20)17-15(6-2,7-3)8-4/h10,12,17H,5-9,11,16H2,1-4H3. The zero-order valence-corrected chi connectivity index (χ0v) is 14.5. The van der Waals surface area contributed by atoms with Gasteiger partial charge in [-0.1, -0.05) is 27.7 Å². The van der Waals surface area contributed by atoms with Crippen molar-refractivity contribution in [2.24, 2.45) is 5.73 Å². The number of nitrogens with zero attached hydrogens (tertiary/aromatic N) is 1. The number of sulfonamides is 1. The summed E-state index contributed by atoms with van der Waals surface area (Å²) in [5.41, 5.74) is 6.19. The molecule has 0 saturated carbocycles. The van der Waals surface area contributed by atoms with Crippen molar-refractivity contribution in [1.29, 1.82) is 0 Å². The van der Waals surface area contributed by atoms with Gasteiger partial charge in [-0.25, -0.2) is 13.1 Å². The molecular formula is C15H29N3O2S. The van der Waals surface area contributed by atoms with Crippen LogP contribution >= 0.6 is 0 Å². The van der Waals surface area contributed by atoms with E-state index in [1.54, 1.807) is 12.3 Å². The number of nitrogens with one attached hydrogen (secondary N) is 1. The number of hydrogen-bond donors (Lipinski definition) is 2. The highest BCUT2D eigenvalue weighted by Gasteiger charge is 2.31. The van der Waals surface area contributed by atoms with Crippen LogP contribution < -0.4 is 10.5 Å². The minimum absolute atomic E-state index is 0.316.